The molecule has 1 amide bonds. The van der Waals surface area contributed by atoms with Crippen molar-refractivity contribution in [2.75, 3.05) is 51.3 Å². The summed E-state index contributed by atoms with van der Waals surface area (Å²) in [6, 6.07) is 15.2. The molecule has 2 unspecified atom stereocenters. The molecule has 0 radical (unpaired) electrons. The molecular formula is C29H34Cl2N4O3. The van der Waals surface area contributed by atoms with Crippen LogP contribution in [0.15, 0.2) is 53.3 Å². The van der Waals surface area contributed by atoms with Crippen LogP contribution in [0.2, 0.25) is 10.0 Å². The summed E-state index contributed by atoms with van der Waals surface area (Å²) in [5.74, 6) is 1.02. The number of hydrogen-bond donors (Lipinski definition) is 1. The van der Waals surface area contributed by atoms with Gasteiger partial charge in [-0.15, -0.1) is 0 Å². The lowest BCUT2D eigenvalue weighted by atomic mass is 10.2. The third-order valence-corrected chi connectivity index (χ3v) is 8.48. The lowest BCUT2D eigenvalue weighted by molar-refractivity contribution is -0.122. The minimum Gasteiger partial charge on any atom is -0.494 e. The van der Waals surface area contributed by atoms with E-state index in [0.29, 0.717) is 23.2 Å². The quantitative estimate of drug-likeness (QED) is 0.367. The van der Waals surface area contributed by atoms with Crippen LogP contribution >= 0.6 is 23.2 Å². The number of carbonyl (C=O) groups is 1. The number of aromatic nitrogens is 1. The third kappa shape index (κ3) is 6.11. The molecule has 2 aliphatic rings. The molecule has 2 aromatic carbocycles. The van der Waals surface area contributed by atoms with Gasteiger partial charge < -0.3 is 19.5 Å². The van der Waals surface area contributed by atoms with Crippen LogP contribution in [0.5, 0.6) is 5.75 Å². The van der Waals surface area contributed by atoms with E-state index < -0.39 is 0 Å². The van der Waals surface area contributed by atoms with E-state index in [1.165, 1.54) is 0 Å². The number of halogens is 2. The Bertz CT molecular complexity index is 1350. The molecule has 3 aromatic rings. The number of nitrogens with one attached hydrogen (secondary N) is 1. The lowest BCUT2D eigenvalue weighted by Crippen LogP contribution is -2.46. The molecule has 1 aliphatic carbocycles. The number of carbonyl (C=O) groups excluding carboxylic acids is 1. The Morgan fingerprint density at radius 1 is 1.05 bits per heavy atom. The molecule has 1 N–H and O–H groups in total. The number of anilines is 1. The zero-order chi connectivity index (χ0) is 26.6. The maximum atomic E-state index is 12.6. The topological polar surface area (TPSA) is 66.8 Å². The lowest BCUT2D eigenvalue weighted by Gasteiger charge is -2.36. The highest BCUT2D eigenvalue weighted by molar-refractivity contribution is 6.43. The maximum absolute atomic E-state index is 12.6. The van der Waals surface area contributed by atoms with E-state index in [2.05, 4.69) is 15.1 Å². The SMILES string of the molecule is CNC(=O)C1CC1Cn1c(=O)ccc2ccc(OCCCCN3CCN(c4cccc(Cl)c4Cl)CC3)cc21. The number of unbranched alkanes of at least 4 members (excludes halogenated alkanes) is 1. The average Bonchev–Trinajstić information content (AvgIpc) is 3.71. The van der Waals surface area contributed by atoms with Crippen LogP contribution in [0.4, 0.5) is 5.69 Å². The van der Waals surface area contributed by atoms with Crippen molar-refractivity contribution in [1.82, 2.24) is 14.8 Å². The summed E-state index contributed by atoms with van der Waals surface area (Å²) < 4.78 is 7.85. The molecule has 0 bridgehead atoms. The van der Waals surface area contributed by atoms with Crippen LogP contribution in [-0.4, -0.2) is 61.8 Å². The van der Waals surface area contributed by atoms with Crippen molar-refractivity contribution in [1.29, 1.82) is 0 Å². The molecule has 1 saturated heterocycles. The summed E-state index contributed by atoms with van der Waals surface area (Å²) in [6.07, 6.45) is 2.83. The molecule has 1 aliphatic heterocycles. The summed E-state index contributed by atoms with van der Waals surface area (Å²) in [4.78, 5) is 29.3. The smallest absolute Gasteiger partial charge is 0.251 e. The van der Waals surface area contributed by atoms with Crippen molar-refractivity contribution in [3.05, 3.63) is 68.9 Å². The number of pyridine rings is 1. The van der Waals surface area contributed by atoms with Crippen LogP contribution in [-0.2, 0) is 11.3 Å². The molecule has 1 saturated carbocycles. The minimum atomic E-state index is -0.0464. The monoisotopic (exact) mass is 556 g/mol. The number of amides is 1. The van der Waals surface area contributed by atoms with Crippen LogP contribution in [0, 0.1) is 11.8 Å². The second kappa shape index (κ2) is 12.0. The Kier molecular flexibility index (Phi) is 8.46. The largest absolute Gasteiger partial charge is 0.494 e. The highest BCUT2D eigenvalue weighted by Crippen LogP contribution is 2.40. The van der Waals surface area contributed by atoms with E-state index in [9.17, 15) is 9.59 Å². The molecule has 9 heteroatoms. The zero-order valence-corrected chi connectivity index (χ0v) is 23.2. The first-order valence-electron chi connectivity index (χ1n) is 13.3. The highest BCUT2D eigenvalue weighted by Gasteiger charge is 2.42. The van der Waals surface area contributed by atoms with Gasteiger partial charge in [-0.05, 0) is 67.4 Å². The number of benzene rings is 2. The number of rotatable bonds is 10. The fourth-order valence-corrected chi connectivity index (χ4v) is 5.73. The summed E-state index contributed by atoms with van der Waals surface area (Å²) in [7, 11) is 1.66. The van der Waals surface area contributed by atoms with Crippen LogP contribution in [0.25, 0.3) is 10.9 Å². The predicted octanol–water partition coefficient (Wildman–Crippen LogP) is 4.67. The second-order valence-electron chi connectivity index (χ2n) is 10.2. The standard InChI is InChI=1S/C29H34Cl2N4O3/c1-32-29(37)23-17-21(23)19-35-26-18-22(9-7-20(26)8-10-27(35)36)38-16-3-2-11-33-12-14-34(15-13-33)25-6-4-5-24(30)28(25)31/h4-10,18,21,23H,2-3,11-17,19H2,1H3,(H,32,37). The van der Waals surface area contributed by atoms with Gasteiger partial charge in [-0.2, -0.15) is 0 Å². The molecule has 1 aromatic heterocycles. The van der Waals surface area contributed by atoms with Gasteiger partial charge in [-0.25, -0.2) is 0 Å². The van der Waals surface area contributed by atoms with E-state index in [4.69, 9.17) is 27.9 Å². The Morgan fingerprint density at radius 3 is 2.63 bits per heavy atom. The van der Waals surface area contributed by atoms with Gasteiger partial charge in [-0.1, -0.05) is 29.3 Å². The van der Waals surface area contributed by atoms with Crippen molar-refractivity contribution in [2.45, 2.75) is 25.8 Å². The van der Waals surface area contributed by atoms with Crippen molar-refractivity contribution < 1.29 is 9.53 Å². The third-order valence-electron chi connectivity index (χ3n) is 7.67. The number of hydrogen-bond acceptors (Lipinski definition) is 5. The van der Waals surface area contributed by atoms with Crippen molar-refractivity contribution in [3.63, 3.8) is 0 Å². The van der Waals surface area contributed by atoms with E-state index in [1.807, 2.05) is 42.5 Å². The van der Waals surface area contributed by atoms with E-state index in [1.54, 1.807) is 17.7 Å². The number of fused-ring (bicyclic) bond motifs is 1. The zero-order valence-electron chi connectivity index (χ0n) is 21.7. The average molecular weight is 558 g/mol. The van der Waals surface area contributed by atoms with Gasteiger partial charge in [0, 0.05) is 57.8 Å². The highest BCUT2D eigenvalue weighted by atomic mass is 35.5. The first kappa shape index (κ1) is 26.9. The molecule has 2 heterocycles. The summed E-state index contributed by atoms with van der Waals surface area (Å²) in [6.45, 7) is 6.06. The van der Waals surface area contributed by atoms with E-state index >= 15 is 0 Å². The molecule has 202 valence electrons. The molecule has 38 heavy (non-hydrogen) atoms. The van der Waals surface area contributed by atoms with Gasteiger partial charge in [0.15, 0.2) is 0 Å². The molecule has 7 nitrogen and oxygen atoms in total. The van der Waals surface area contributed by atoms with Gasteiger partial charge in [0.05, 0.1) is 27.9 Å². The summed E-state index contributed by atoms with van der Waals surface area (Å²) in [5.41, 5.74) is 1.82. The van der Waals surface area contributed by atoms with E-state index in [0.717, 1.165) is 74.3 Å². The van der Waals surface area contributed by atoms with Gasteiger partial charge in [0.25, 0.3) is 5.56 Å². The van der Waals surface area contributed by atoms with Crippen molar-refractivity contribution >= 4 is 45.7 Å². The van der Waals surface area contributed by atoms with Gasteiger partial charge in [0.2, 0.25) is 5.91 Å². The van der Waals surface area contributed by atoms with Gasteiger partial charge in [-0.3, -0.25) is 14.5 Å². The first-order chi connectivity index (χ1) is 18.4. The Morgan fingerprint density at radius 2 is 1.84 bits per heavy atom. The number of ether oxygens (including phenoxy) is 1. The molecule has 2 fully saturated rings. The number of piperazine rings is 1. The first-order valence-corrected chi connectivity index (χ1v) is 14.1. The maximum Gasteiger partial charge on any atom is 0.251 e. The fraction of sp³-hybridized carbons (Fsp3) is 0.448. The summed E-state index contributed by atoms with van der Waals surface area (Å²) >= 11 is 12.6. The fourth-order valence-electron chi connectivity index (χ4n) is 5.31. The molecule has 5 rings (SSSR count). The summed E-state index contributed by atoms with van der Waals surface area (Å²) in [5, 5.41) is 4.93. The van der Waals surface area contributed by atoms with E-state index in [-0.39, 0.29) is 23.3 Å². The Labute approximate surface area is 233 Å². The Hall–Kier alpha value is -2.74. The normalized spacial score (nSPS) is 19.5. The van der Waals surface area contributed by atoms with Gasteiger partial charge in [0.1, 0.15) is 5.75 Å². The minimum absolute atomic E-state index is 0.000738. The van der Waals surface area contributed by atoms with Gasteiger partial charge >= 0.3 is 0 Å². The molecule has 2 atom stereocenters. The van der Waals surface area contributed by atoms with Crippen molar-refractivity contribution in [3.8, 4) is 5.75 Å². The van der Waals surface area contributed by atoms with Crippen LogP contribution in [0.1, 0.15) is 19.3 Å². The predicted molar refractivity (Wildman–Crippen MR) is 154 cm³/mol. The molecule has 0 spiro atoms. The molecular weight excluding hydrogens is 523 g/mol. The number of nitrogens with zero attached hydrogens (tertiary/aromatic N) is 3. The van der Waals surface area contributed by atoms with Crippen LogP contribution in [0.3, 0.4) is 0 Å². The second-order valence-corrected chi connectivity index (χ2v) is 11.0. The Balaban J connectivity index is 1.09. The van der Waals surface area contributed by atoms with Crippen LogP contribution < -0.4 is 20.5 Å². The van der Waals surface area contributed by atoms with Crippen molar-refractivity contribution in [2.24, 2.45) is 11.8 Å².